The van der Waals surface area contributed by atoms with E-state index in [4.69, 9.17) is 20.6 Å². The molecular formula is C18H17N3O4. The Kier molecular flexibility index (Phi) is 4.38. The van der Waals surface area contributed by atoms with E-state index in [9.17, 15) is 9.59 Å². The number of nitrogens with zero attached hydrogens (tertiary/aromatic N) is 1. The van der Waals surface area contributed by atoms with Gasteiger partial charge in [0.2, 0.25) is 11.8 Å². The van der Waals surface area contributed by atoms with E-state index in [2.05, 4.69) is 4.98 Å². The van der Waals surface area contributed by atoms with Gasteiger partial charge in [0.1, 0.15) is 5.75 Å². The lowest BCUT2D eigenvalue weighted by Crippen LogP contribution is -2.27. The number of amides is 2. The maximum Gasteiger partial charge on any atom is 0.271 e. The number of carbonyl (C=O) groups is 2. The highest BCUT2D eigenvalue weighted by Crippen LogP contribution is 2.34. The Bertz CT molecular complexity index is 865. The summed E-state index contributed by atoms with van der Waals surface area (Å²) in [6.07, 6.45) is 6.93. The average molecular weight is 339 g/mol. The SMILES string of the molecule is COc1ccc(-c2oc(C3C=CC=CC3C(N)=O)nc2C(N)=O)cc1. The van der Waals surface area contributed by atoms with Crippen LogP contribution in [0.1, 0.15) is 22.3 Å². The molecule has 0 spiro atoms. The molecule has 0 fully saturated rings. The molecule has 4 N–H and O–H groups in total. The summed E-state index contributed by atoms with van der Waals surface area (Å²) >= 11 is 0. The first-order valence-electron chi connectivity index (χ1n) is 7.60. The molecule has 3 rings (SSSR count). The third-order valence-corrected chi connectivity index (χ3v) is 3.98. The number of hydrogen-bond donors (Lipinski definition) is 2. The van der Waals surface area contributed by atoms with Crippen molar-refractivity contribution >= 4 is 11.8 Å². The van der Waals surface area contributed by atoms with Gasteiger partial charge >= 0.3 is 0 Å². The lowest BCUT2D eigenvalue weighted by molar-refractivity contribution is -0.120. The Morgan fingerprint density at radius 1 is 1.12 bits per heavy atom. The second kappa shape index (κ2) is 6.64. The van der Waals surface area contributed by atoms with E-state index in [1.165, 1.54) is 0 Å². The summed E-state index contributed by atoms with van der Waals surface area (Å²) in [6, 6.07) is 6.94. The molecule has 2 aromatic rings. The van der Waals surface area contributed by atoms with Gasteiger partial charge in [-0.05, 0) is 24.3 Å². The van der Waals surface area contributed by atoms with Crippen LogP contribution in [0.25, 0.3) is 11.3 Å². The number of aromatic nitrogens is 1. The molecule has 1 aromatic heterocycles. The number of benzene rings is 1. The second-order valence-corrected chi connectivity index (χ2v) is 5.55. The van der Waals surface area contributed by atoms with Crippen LogP contribution in [0.2, 0.25) is 0 Å². The normalized spacial score (nSPS) is 18.9. The van der Waals surface area contributed by atoms with Gasteiger partial charge < -0.3 is 20.6 Å². The maximum absolute atomic E-state index is 11.8. The van der Waals surface area contributed by atoms with Crippen molar-refractivity contribution in [2.24, 2.45) is 17.4 Å². The van der Waals surface area contributed by atoms with E-state index in [1.807, 2.05) is 0 Å². The number of ether oxygens (including phenoxy) is 1. The highest BCUT2D eigenvalue weighted by Gasteiger charge is 2.31. The van der Waals surface area contributed by atoms with E-state index in [0.717, 1.165) is 0 Å². The summed E-state index contributed by atoms with van der Waals surface area (Å²) in [6.45, 7) is 0. The van der Waals surface area contributed by atoms with Crippen molar-refractivity contribution in [3.8, 4) is 17.1 Å². The molecule has 128 valence electrons. The minimum absolute atomic E-state index is 0.00587. The van der Waals surface area contributed by atoms with Crippen molar-refractivity contribution in [3.05, 3.63) is 60.2 Å². The molecule has 0 aliphatic heterocycles. The van der Waals surface area contributed by atoms with Crippen LogP contribution in [0.5, 0.6) is 5.75 Å². The molecule has 2 amide bonds. The largest absolute Gasteiger partial charge is 0.497 e. The number of nitrogens with two attached hydrogens (primary N) is 2. The molecule has 25 heavy (non-hydrogen) atoms. The van der Waals surface area contributed by atoms with Gasteiger partial charge in [-0.1, -0.05) is 24.3 Å². The number of allylic oxidation sites excluding steroid dienone is 3. The first-order valence-corrected chi connectivity index (χ1v) is 7.60. The molecule has 0 radical (unpaired) electrons. The van der Waals surface area contributed by atoms with Gasteiger partial charge in [0, 0.05) is 5.56 Å². The molecule has 0 bridgehead atoms. The van der Waals surface area contributed by atoms with Crippen LogP contribution in [0.15, 0.2) is 53.0 Å². The van der Waals surface area contributed by atoms with Gasteiger partial charge in [-0.3, -0.25) is 9.59 Å². The maximum atomic E-state index is 11.8. The van der Waals surface area contributed by atoms with Crippen LogP contribution in [0, 0.1) is 5.92 Å². The van der Waals surface area contributed by atoms with Crippen molar-refractivity contribution < 1.29 is 18.7 Å². The molecule has 1 aliphatic carbocycles. The molecule has 7 nitrogen and oxygen atoms in total. The molecular weight excluding hydrogens is 322 g/mol. The van der Waals surface area contributed by atoms with Crippen LogP contribution in [-0.2, 0) is 4.79 Å². The van der Waals surface area contributed by atoms with E-state index < -0.39 is 23.7 Å². The third-order valence-electron chi connectivity index (χ3n) is 3.98. The molecule has 0 saturated carbocycles. The van der Waals surface area contributed by atoms with Crippen LogP contribution in [0.3, 0.4) is 0 Å². The monoisotopic (exact) mass is 339 g/mol. The van der Waals surface area contributed by atoms with Gasteiger partial charge in [-0.2, -0.15) is 0 Å². The zero-order valence-electron chi connectivity index (χ0n) is 13.5. The number of hydrogen-bond acceptors (Lipinski definition) is 5. The summed E-state index contributed by atoms with van der Waals surface area (Å²) in [5, 5.41) is 0. The van der Waals surface area contributed by atoms with Crippen LogP contribution in [0.4, 0.5) is 0 Å². The van der Waals surface area contributed by atoms with Crippen molar-refractivity contribution in [2.45, 2.75) is 5.92 Å². The minimum atomic E-state index is -0.716. The Labute approximate surface area is 144 Å². The molecule has 2 unspecified atom stereocenters. The number of methoxy groups -OCH3 is 1. The molecule has 1 aliphatic rings. The first-order chi connectivity index (χ1) is 12.0. The van der Waals surface area contributed by atoms with Gasteiger partial charge in [0.25, 0.3) is 5.91 Å². The fraction of sp³-hybridized carbons (Fsp3) is 0.167. The molecule has 7 heteroatoms. The summed E-state index contributed by atoms with van der Waals surface area (Å²) in [4.78, 5) is 27.7. The Morgan fingerprint density at radius 3 is 2.40 bits per heavy atom. The lowest BCUT2D eigenvalue weighted by Gasteiger charge is -2.18. The predicted molar refractivity (Wildman–Crippen MR) is 90.7 cm³/mol. The molecule has 0 saturated heterocycles. The van der Waals surface area contributed by atoms with Crippen molar-refractivity contribution in [3.63, 3.8) is 0 Å². The standard InChI is InChI=1S/C18H17N3O4/c1-24-11-8-6-10(7-9-11)15-14(17(20)23)21-18(25-15)13-5-3-2-4-12(13)16(19)22/h2-9,12-13H,1H3,(H2,19,22)(H2,20,23). The fourth-order valence-corrected chi connectivity index (χ4v) is 2.70. The van der Waals surface area contributed by atoms with Crippen LogP contribution in [-0.4, -0.2) is 23.9 Å². The lowest BCUT2D eigenvalue weighted by atomic mass is 9.88. The average Bonchev–Trinajstić information content (AvgIpc) is 3.07. The van der Waals surface area contributed by atoms with Crippen LogP contribution < -0.4 is 16.2 Å². The van der Waals surface area contributed by atoms with Crippen molar-refractivity contribution in [1.82, 2.24) is 4.98 Å². The Balaban J connectivity index is 2.05. The van der Waals surface area contributed by atoms with Crippen molar-refractivity contribution in [1.29, 1.82) is 0 Å². The van der Waals surface area contributed by atoms with Gasteiger partial charge in [0.15, 0.2) is 11.5 Å². The number of rotatable bonds is 5. The highest BCUT2D eigenvalue weighted by atomic mass is 16.5. The smallest absolute Gasteiger partial charge is 0.271 e. The van der Waals surface area contributed by atoms with E-state index in [0.29, 0.717) is 11.3 Å². The molecule has 1 aromatic carbocycles. The quantitative estimate of drug-likeness (QED) is 0.859. The summed E-state index contributed by atoms with van der Waals surface area (Å²) < 4.78 is 10.9. The van der Waals surface area contributed by atoms with E-state index >= 15 is 0 Å². The predicted octanol–water partition coefficient (Wildman–Crippen LogP) is 1.76. The zero-order valence-corrected chi connectivity index (χ0v) is 13.5. The number of oxazole rings is 1. The van der Waals surface area contributed by atoms with Crippen LogP contribution >= 0.6 is 0 Å². The summed E-state index contributed by atoms with van der Waals surface area (Å²) in [5.41, 5.74) is 11.5. The Morgan fingerprint density at radius 2 is 1.80 bits per heavy atom. The Hall–Kier alpha value is -3.35. The summed E-state index contributed by atoms with van der Waals surface area (Å²) in [7, 11) is 1.56. The van der Waals surface area contributed by atoms with Gasteiger partial charge in [-0.15, -0.1) is 0 Å². The molecule has 2 atom stereocenters. The topological polar surface area (TPSA) is 121 Å². The van der Waals surface area contributed by atoms with Gasteiger partial charge in [0.05, 0.1) is 18.9 Å². The third kappa shape index (κ3) is 3.16. The first kappa shape index (κ1) is 16.5. The van der Waals surface area contributed by atoms with E-state index in [1.54, 1.807) is 55.7 Å². The highest BCUT2D eigenvalue weighted by molar-refractivity contribution is 5.96. The van der Waals surface area contributed by atoms with Crippen molar-refractivity contribution in [2.75, 3.05) is 7.11 Å². The fourth-order valence-electron chi connectivity index (χ4n) is 2.70. The second-order valence-electron chi connectivity index (χ2n) is 5.55. The molecule has 1 heterocycles. The minimum Gasteiger partial charge on any atom is -0.497 e. The number of carbonyl (C=O) groups excluding carboxylic acids is 2. The zero-order chi connectivity index (χ0) is 18.0. The number of primary amides is 2. The van der Waals surface area contributed by atoms with E-state index in [-0.39, 0.29) is 17.3 Å². The van der Waals surface area contributed by atoms with Gasteiger partial charge in [-0.25, -0.2) is 4.98 Å². The summed E-state index contributed by atoms with van der Waals surface area (Å²) in [5.74, 6) is -1.19.